The molecular formula is C12H13NO2S. The average molecular weight is 235 g/mol. The van der Waals surface area contributed by atoms with Crippen LogP contribution in [0.1, 0.15) is 17.7 Å². The Morgan fingerprint density at radius 1 is 1.50 bits per heavy atom. The van der Waals surface area contributed by atoms with E-state index >= 15 is 0 Å². The lowest BCUT2D eigenvalue weighted by molar-refractivity contribution is -0.140. The van der Waals surface area contributed by atoms with Crippen molar-refractivity contribution in [3.63, 3.8) is 0 Å². The number of hydrogen-bond donors (Lipinski definition) is 0. The molecule has 3 nitrogen and oxygen atoms in total. The minimum absolute atomic E-state index is 0.186. The number of carbonyl (C=O) groups is 1. The molecule has 0 aliphatic carbocycles. The molecule has 4 heteroatoms. The van der Waals surface area contributed by atoms with Crippen LogP contribution in [-0.4, -0.2) is 17.5 Å². The van der Waals surface area contributed by atoms with Crippen LogP contribution in [0.4, 0.5) is 0 Å². The molecule has 1 heterocycles. The molecule has 1 aromatic carbocycles. The third kappa shape index (κ3) is 2.22. The molecule has 16 heavy (non-hydrogen) atoms. The van der Waals surface area contributed by atoms with Crippen LogP contribution in [0.2, 0.25) is 0 Å². The second-order valence-electron chi connectivity index (χ2n) is 3.71. The van der Waals surface area contributed by atoms with E-state index in [9.17, 15) is 4.79 Å². The second-order valence-corrected chi connectivity index (χ2v) is 4.51. The summed E-state index contributed by atoms with van der Waals surface area (Å²) in [4.78, 5) is 11.1. The molecule has 0 saturated carbocycles. The number of aryl methyl sites for hydroxylation is 2. The van der Waals surface area contributed by atoms with Gasteiger partial charge in [-0.3, -0.25) is 4.79 Å². The van der Waals surface area contributed by atoms with Crippen LogP contribution in [0, 0.1) is 6.92 Å². The Labute approximate surface area is 98.2 Å². The number of ether oxygens (including phenoxy) is 1. The van der Waals surface area contributed by atoms with Crippen LogP contribution < -0.4 is 0 Å². The maximum atomic E-state index is 11.1. The molecule has 2 aromatic rings. The number of rotatable bonds is 3. The number of benzene rings is 1. The highest BCUT2D eigenvalue weighted by Gasteiger charge is 2.08. The molecule has 0 atom stereocenters. The third-order valence-electron chi connectivity index (χ3n) is 2.49. The van der Waals surface area contributed by atoms with Gasteiger partial charge in [0.15, 0.2) is 0 Å². The quantitative estimate of drug-likeness (QED) is 0.768. The normalized spacial score (nSPS) is 10.6. The average Bonchev–Trinajstić information content (AvgIpc) is 2.68. The Hall–Kier alpha value is -1.42. The zero-order valence-corrected chi connectivity index (χ0v) is 10.1. The summed E-state index contributed by atoms with van der Waals surface area (Å²) >= 11 is 1.48. The Morgan fingerprint density at radius 3 is 3.06 bits per heavy atom. The number of fused-ring (bicyclic) bond motifs is 1. The molecule has 0 aliphatic heterocycles. The molecule has 0 spiro atoms. The molecule has 0 bridgehead atoms. The van der Waals surface area contributed by atoms with E-state index in [0.717, 1.165) is 11.1 Å². The summed E-state index contributed by atoms with van der Waals surface area (Å²) in [6.07, 6.45) is 1.04. The van der Waals surface area contributed by atoms with Crippen molar-refractivity contribution in [3.8, 4) is 0 Å². The van der Waals surface area contributed by atoms with Crippen LogP contribution >= 0.6 is 11.5 Å². The molecule has 0 saturated heterocycles. The zero-order valence-electron chi connectivity index (χ0n) is 9.32. The molecular weight excluding hydrogens is 222 g/mol. The van der Waals surface area contributed by atoms with Crippen molar-refractivity contribution in [2.45, 2.75) is 19.8 Å². The highest BCUT2D eigenvalue weighted by Crippen LogP contribution is 2.24. The van der Waals surface area contributed by atoms with Gasteiger partial charge in [-0.15, -0.1) is 0 Å². The maximum Gasteiger partial charge on any atom is 0.305 e. The van der Waals surface area contributed by atoms with Gasteiger partial charge in [-0.1, -0.05) is 11.6 Å². The first-order valence-electron chi connectivity index (χ1n) is 5.12. The molecule has 0 amide bonds. The molecule has 0 N–H and O–H groups in total. The van der Waals surface area contributed by atoms with E-state index in [1.807, 2.05) is 0 Å². The van der Waals surface area contributed by atoms with Crippen LogP contribution in [0.15, 0.2) is 18.2 Å². The monoisotopic (exact) mass is 235 g/mol. The molecule has 0 fully saturated rings. The van der Waals surface area contributed by atoms with E-state index < -0.39 is 0 Å². The summed E-state index contributed by atoms with van der Waals surface area (Å²) in [5.41, 5.74) is 2.21. The van der Waals surface area contributed by atoms with Gasteiger partial charge < -0.3 is 4.74 Å². The molecule has 0 unspecified atom stereocenters. The second kappa shape index (κ2) is 4.61. The lowest BCUT2D eigenvalue weighted by atomic mass is 10.1. The summed E-state index contributed by atoms with van der Waals surface area (Å²) in [5.74, 6) is -0.186. The van der Waals surface area contributed by atoms with Gasteiger partial charge in [0.2, 0.25) is 0 Å². The van der Waals surface area contributed by atoms with Crippen LogP contribution in [0.5, 0.6) is 0 Å². The van der Waals surface area contributed by atoms with E-state index in [0.29, 0.717) is 12.8 Å². The van der Waals surface area contributed by atoms with Crippen molar-refractivity contribution in [2.24, 2.45) is 0 Å². The van der Waals surface area contributed by atoms with Crippen molar-refractivity contribution >= 4 is 27.6 Å². The minimum atomic E-state index is -0.186. The first kappa shape index (κ1) is 11.1. The lowest BCUT2D eigenvalue weighted by Crippen LogP contribution is -2.02. The molecule has 0 radical (unpaired) electrons. The van der Waals surface area contributed by atoms with Gasteiger partial charge in [0.05, 0.1) is 23.9 Å². The van der Waals surface area contributed by atoms with Crippen molar-refractivity contribution in [1.29, 1.82) is 0 Å². The van der Waals surface area contributed by atoms with Gasteiger partial charge in [0.25, 0.3) is 0 Å². The largest absolute Gasteiger partial charge is 0.469 e. The van der Waals surface area contributed by atoms with E-state index in [1.54, 1.807) is 0 Å². The van der Waals surface area contributed by atoms with Gasteiger partial charge in [0.1, 0.15) is 0 Å². The number of nitrogens with zero attached hydrogens (tertiary/aromatic N) is 1. The van der Waals surface area contributed by atoms with Gasteiger partial charge in [-0.05, 0) is 30.6 Å². The van der Waals surface area contributed by atoms with Crippen molar-refractivity contribution in [2.75, 3.05) is 7.11 Å². The summed E-state index contributed by atoms with van der Waals surface area (Å²) < 4.78 is 10.2. The van der Waals surface area contributed by atoms with Crippen molar-refractivity contribution in [1.82, 2.24) is 4.37 Å². The summed E-state index contributed by atoms with van der Waals surface area (Å²) in [7, 11) is 1.41. The van der Waals surface area contributed by atoms with E-state index in [-0.39, 0.29) is 5.97 Å². The Balaban J connectivity index is 2.24. The molecule has 2 rings (SSSR count). The summed E-state index contributed by atoms with van der Waals surface area (Å²) in [6.45, 7) is 2.06. The first-order valence-corrected chi connectivity index (χ1v) is 5.90. The Morgan fingerprint density at radius 2 is 2.31 bits per heavy atom. The SMILES string of the molecule is COC(=O)CCc1nsc2ccc(C)cc12. The lowest BCUT2D eigenvalue weighted by Gasteiger charge is -1.98. The topological polar surface area (TPSA) is 39.2 Å². The minimum Gasteiger partial charge on any atom is -0.469 e. The number of hydrogen-bond acceptors (Lipinski definition) is 4. The molecule has 0 aliphatic rings. The zero-order chi connectivity index (χ0) is 11.5. The van der Waals surface area contributed by atoms with E-state index in [2.05, 4.69) is 34.2 Å². The fourth-order valence-electron chi connectivity index (χ4n) is 1.61. The van der Waals surface area contributed by atoms with Gasteiger partial charge in [-0.25, -0.2) is 0 Å². The van der Waals surface area contributed by atoms with Crippen LogP contribution in [-0.2, 0) is 16.0 Å². The highest BCUT2D eigenvalue weighted by molar-refractivity contribution is 7.13. The van der Waals surface area contributed by atoms with Gasteiger partial charge in [-0.2, -0.15) is 4.37 Å². The summed E-state index contributed by atoms with van der Waals surface area (Å²) in [6, 6.07) is 6.26. The highest BCUT2D eigenvalue weighted by atomic mass is 32.1. The smallest absolute Gasteiger partial charge is 0.305 e. The maximum absolute atomic E-state index is 11.1. The third-order valence-corrected chi connectivity index (χ3v) is 3.36. The van der Waals surface area contributed by atoms with E-state index in [1.165, 1.54) is 28.9 Å². The van der Waals surface area contributed by atoms with E-state index in [4.69, 9.17) is 0 Å². The van der Waals surface area contributed by atoms with Gasteiger partial charge >= 0.3 is 5.97 Å². The van der Waals surface area contributed by atoms with Crippen LogP contribution in [0.25, 0.3) is 10.1 Å². The van der Waals surface area contributed by atoms with Crippen molar-refractivity contribution < 1.29 is 9.53 Å². The number of carbonyl (C=O) groups excluding carboxylic acids is 1. The fourth-order valence-corrected chi connectivity index (χ4v) is 2.41. The molecule has 1 aromatic heterocycles. The summed E-state index contributed by atoms with van der Waals surface area (Å²) in [5, 5.41) is 1.16. The fraction of sp³-hybridized carbons (Fsp3) is 0.333. The number of esters is 1. The number of aromatic nitrogens is 1. The molecule has 84 valence electrons. The first-order chi connectivity index (χ1) is 7.70. The standard InChI is InChI=1S/C12H13NO2S/c1-8-3-5-11-9(7-8)10(13-16-11)4-6-12(14)15-2/h3,5,7H,4,6H2,1-2H3. The van der Waals surface area contributed by atoms with Gasteiger partial charge in [0, 0.05) is 11.8 Å². The Kier molecular flexibility index (Phi) is 3.19. The number of methoxy groups -OCH3 is 1. The predicted molar refractivity (Wildman–Crippen MR) is 64.7 cm³/mol. The van der Waals surface area contributed by atoms with Crippen molar-refractivity contribution in [3.05, 3.63) is 29.5 Å². The predicted octanol–water partition coefficient (Wildman–Crippen LogP) is 2.71. The Bertz CT molecular complexity index is 519. The van der Waals surface area contributed by atoms with Crippen LogP contribution in [0.3, 0.4) is 0 Å².